The number of ether oxygens (including phenoxy) is 1. The Morgan fingerprint density at radius 3 is 2.89 bits per heavy atom. The fourth-order valence-corrected chi connectivity index (χ4v) is 2.92. The van der Waals surface area contributed by atoms with Gasteiger partial charge in [-0.15, -0.1) is 0 Å². The molecule has 1 heterocycles. The van der Waals surface area contributed by atoms with Crippen LogP contribution in [0.1, 0.15) is 31.7 Å². The molecule has 1 atom stereocenters. The highest BCUT2D eigenvalue weighted by Gasteiger charge is 2.30. The van der Waals surface area contributed by atoms with Crippen molar-refractivity contribution >= 4 is 5.69 Å². The third-order valence-corrected chi connectivity index (χ3v) is 4.21. The van der Waals surface area contributed by atoms with Crippen molar-refractivity contribution < 1.29 is 4.74 Å². The molecule has 0 aliphatic carbocycles. The van der Waals surface area contributed by atoms with Crippen molar-refractivity contribution in [2.45, 2.75) is 38.2 Å². The molecule has 3 heteroatoms. The van der Waals surface area contributed by atoms with Crippen LogP contribution < -0.4 is 5.73 Å². The van der Waals surface area contributed by atoms with Gasteiger partial charge < -0.3 is 15.4 Å². The summed E-state index contributed by atoms with van der Waals surface area (Å²) in [6, 6.07) is 8.17. The SMILES string of the molecule is COC1(C)CCCN(CCCc2ccccc2N)C1. The summed E-state index contributed by atoms with van der Waals surface area (Å²) in [4.78, 5) is 2.52. The number of hydrogen-bond donors (Lipinski definition) is 1. The van der Waals surface area contributed by atoms with Gasteiger partial charge in [-0.3, -0.25) is 0 Å². The lowest BCUT2D eigenvalue weighted by Gasteiger charge is -2.39. The van der Waals surface area contributed by atoms with Gasteiger partial charge in [0.25, 0.3) is 0 Å². The van der Waals surface area contributed by atoms with E-state index in [2.05, 4.69) is 24.0 Å². The van der Waals surface area contributed by atoms with Gasteiger partial charge in [-0.05, 0) is 57.3 Å². The first-order valence-corrected chi connectivity index (χ1v) is 7.24. The molecule has 0 saturated carbocycles. The van der Waals surface area contributed by atoms with Crippen molar-refractivity contribution in [3.63, 3.8) is 0 Å². The van der Waals surface area contributed by atoms with Crippen molar-refractivity contribution in [2.24, 2.45) is 0 Å². The number of hydrogen-bond acceptors (Lipinski definition) is 3. The quantitative estimate of drug-likeness (QED) is 0.829. The first-order valence-electron chi connectivity index (χ1n) is 7.24. The van der Waals surface area contributed by atoms with Crippen molar-refractivity contribution in [1.29, 1.82) is 0 Å². The maximum Gasteiger partial charge on any atom is 0.0777 e. The Bertz CT molecular complexity index is 407. The summed E-state index contributed by atoms with van der Waals surface area (Å²) in [5.41, 5.74) is 8.21. The topological polar surface area (TPSA) is 38.5 Å². The van der Waals surface area contributed by atoms with Crippen molar-refractivity contribution in [3.8, 4) is 0 Å². The molecule has 1 aliphatic heterocycles. The first kappa shape index (κ1) is 14.4. The van der Waals surface area contributed by atoms with Crippen LogP contribution in [0, 0.1) is 0 Å². The number of piperidine rings is 1. The predicted molar refractivity (Wildman–Crippen MR) is 80.3 cm³/mol. The van der Waals surface area contributed by atoms with Crippen LogP contribution in [-0.4, -0.2) is 37.2 Å². The summed E-state index contributed by atoms with van der Waals surface area (Å²) in [5.74, 6) is 0. The minimum atomic E-state index is 0.0457. The number of methoxy groups -OCH3 is 1. The van der Waals surface area contributed by atoms with Gasteiger partial charge in [0.15, 0.2) is 0 Å². The standard InChI is InChI=1S/C16H26N2O/c1-16(19-2)10-6-12-18(13-16)11-5-8-14-7-3-4-9-15(14)17/h3-4,7,9H,5-6,8,10-13,17H2,1-2H3. The summed E-state index contributed by atoms with van der Waals surface area (Å²) in [7, 11) is 1.83. The fraction of sp³-hybridized carbons (Fsp3) is 0.625. The van der Waals surface area contributed by atoms with Gasteiger partial charge in [0, 0.05) is 19.3 Å². The number of nitrogens with two attached hydrogens (primary N) is 1. The van der Waals surface area contributed by atoms with Crippen LogP contribution in [0.2, 0.25) is 0 Å². The van der Waals surface area contributed by atoms with E-state index in [1.54, 1.807) is 0 Å². The molecule has 0 amide bonds. The molecule has 1 unspecified atom stereocenters. The maximum absolute atomic E-state index is 5.97. The smallest absolute Gasteiger partial charge is 0.0777 e. The Morgan fingerprint density at radius 1 is 1.37 bits per heavy atom. The minimum absolute atomic E-state index is 0.0457. The molecule has 106 valence electrons. The van der Waals surface area contributed by atoms with Crippen molar-refractivity contribution in [1.82, 2.24) is 4.90 Å². The molecule has 3 nitrogen and oxygen atoms in total. The number of aryl methyl sites for hydroxylation is 1. The van der Waals surface area contributed by atoms with E-state index >= 15 is 0 Å². The Hall–Kier alpha value is -1.06. The summed E-state index contributed by atoms with van der Waals surface area (Å²) < 4.78 is 5.63. The van der Waals surface area contributed by atoms with Crippen molar-refractivity contribution in [2.75, 3.05) is 32.5 Å². The van der Waals surface area contributed by atoms with Crippen LogP contribution in [0.15, 0.2) is 24.3 Å². The Balaban J connectivity index is 1.78. The molecule has 1 aromatic carbocycles. The lowest BCUT2D eigenvalue weighted by atomic mass is 9.94. The Morgan fingerprint density at radius 2 is 2.16 bits per heavy atom. The second-order valence-electron chi connectivity index (χ2n) is 5.84. The van der Waals surface area contributed by atoms with Gasteiger partial charge in [-0.1, -0.05) is 18.2 Å². The minimum Gasteiger partial charge on any atom is -0.399 e. The van der Waals surface area contributed by atoms with Gasteiger partial charge in [0.1, 0.15) is 0 Å². The highest BCUT2D eigenvalue weighted by Crippen LogP contribution is 2.24. The predicted octanol–water partition coefficient (Wildman–Crippen LogP) is 2.70. The molecule has 0 aromatic heterocycles. The third kappa shape index (κ3) is 3.95. The monoisotopic (exact) mass is 262 g/mol. The van der Waals surface area contributed by atoms with E-state index in [1.165, 1.54) is 24.9 Å². The molecule has 0 bridgehead atoms. The largest absolute Gasteiger partial charge is 0.399 e. The van der Waals surface area contributed by atoms with Crippen LogP contribution in [0.25, 0.3) is 0 Å². The lowest BCUT2D eigenvalue weighted by molar-refractivity contribution is -0.0507. The maximum atomic E-state index is 5.97. The number of rotatable bonds is 5. The van der Waals surface area contributed by atoms with E-state index in [4.69, 9.17) is 10.5 Å². The molecule has 1 saturated heterocycles. The molecular formula is C16H26N2O. The van der Waals surface area contributed by atoms with Crippen LogP contribution in [-0.2, 0) is 11.2 Å². The number of nitrogens with zero attached hydrogens (tertiary/aromatic N) is 1. The average Bonchev–Trinajstić information content (AvgIpc) is 2.41. The molecule has 1 fully saturated rings. The fourth-order valence-electron chi connectivity index (χ4n) is 2.92. The summed E-state index contributed by atoms with van der Waals surface area (Å²) in [6.07, 6.45) is 4.63. The highest BCUT2D eigenvalue weighted by molar-refractivity contribution is 5.46. The zero-order valence-electron chi connectivity index (χ0n) is 12.2. The van der Waals surface area contributed by atoms with Gasteiger partial charge in [-0.2, -0.15) is 0 Å². The van der Waals surface area contributed by atoms with Gasteiger partial charge >= 0.3 is 0 Å². The lowest BCUT2D eigenvalue weighted by Crippen LogP contribution is -2.47. The van der Waals surface area contributed by atoms with Gasteiger partial charge in [0.2, 0.25) is 0 Å². The normalized spacial score (nSPS) is 24.5. The van der Waals surface area contributed by atoms with Crippen LogP contribution in [0.3, 0.4) is 0 Å². The average molecular weight is 262 g/mol. The molecule has 2 rings (SSSR count). The number of benzene rings is 1. The zero-order chi connectivity index (χ0) is 13.7. The number of anilines is 1. The molecule has 1 aromatic rings. The van der Waals surface area contributed by atoms with Crippen LogP contribution in [0.5, 0.6) is 0 Å². The van der Waals surface area contributed by atoms with E-state index in [-0.39, 0.29) is 5.60 Å². The molecule has 2 N–H and O–H groups in total. The molecular weight excluding hydrogens is 236 g/mol. The Kier molecular flexibility index (Phi) is 4.83. The van der Waals surface area contributed by atoms with Gasteiger partial charge in [0.05, 0.1) is 5.60 Å². The first-order chi connectivity index (χ1) is 9.13. The molecule has 0 radical (unpaired) electrons. The highest BCUT2D eigenvalue weighted by atomic mass is 16.5. The summed E-state index contributed by atoms with van der Waals surface area (Å²) >= 11 is 0. The third-order valence-electron chi connectivity index (χ3n) is 4.21. The molecule has 19 heavy (non-hydrogen) atoms. The van der Waals surface area contributed by atoms with E-state index in [0.29, 0.717) is 0 Å². The number of para-hydroxylation sites is 1. The van der Waals surface area contributed by atoms with Crippen molar-refractivity contribution in [3.05, 3.63) is 29.8 Å². The second kappa shape index (κ2) is 6.40. The molecule has 0 spiro atoms. The zero-order valence-corrected chi connectivity index (χ0v) is 12.2. The van der Waals surface area contributed by atoms with E-state index in [9.17, 15) is 0 Å². The van der Waals surface area contributed by atoms with Crippen LogP contribution >= 0.6 is 0 Å². The van der Waals surface area contributed by atoms with E-state index in [1.807, 2.05) is 19.2 Å². The number of nitrogen functional groups attached to an aromatic ring is 1. The second-order valence-corrected chi connectivity index (χ2v) is 5.84. The molecule has 1 aliphatic rings. The summed E-state index contributed by atoms with van der Waals surface area (Å²) in [6.45, 7) is 5.60. The van der Waals surface area contributed by atoms with Gasteiger partial charge in [-0.25, -0.2) is 0 Å². The van der Waals surface area contributed by atoms with E-state index in [0.717, 1.165) is 31.6 Å². The summed E-state index contributed by atoms with van der Waals surface area (Å²) in [5, 5.41) is 0. The van der Waals surface area contributed by atoms with Crippen LogP contribution in [0.4, 0.5) is 5.69 Å². The Labute approximate surface area is 116 Å². The van der Waals surface area contributed by atoms with E-state index < -0.39 is 0 Å². The number of likely N-dealkylation sites (tertiary alicyclic amines) is 1.